The Kier molecular flexibility index (Phi) is 3.57. The summed E-state index contributed by atoms with van der Waals surface area (Å²) in [5.41, 5.74) is 4.23. The SMILES string of the molecule is COc1cccc([C@@H]2C(=O)NC(=O)[C@H]2c2cc3c4c(ccn4CCC3)c2)c1. The smallest absolute Gasteiger partial charge is 0.235 e. The first-order valence-electron chi connectivity index (χ1n) is 9.26. The van der Waals surface area contributed by atoms with E-state index in [2.05, 4.69) is 34.3 Å². The van der Waals surface area contributed by atoms with Crippen molar-refractivity contribution in [2.75, 3.05) is 7.11 Å². The van der Waals surface area contributed by atoms with Crippen molar-refractivity contribution >= 4 is 22.7 Å². The zero-order chi connectivity index (χ0) is 18.5. The van der Waals surface area contributed by atoms with E-state index < -0.39 is 11.8 Å². The summed E-state index contributed by atoms with van der Waals surface area (Å²) in [4.78, 5) is 25.3. The number of hydrogen-bond donors (Lipinski definition) is 1. The van der Waals surface area contributed by atoms with Crippen molar-refractivity contribution in [2.45, 2.75) is 31.2 Å². The highest BCUT2D eigenvalue weighted by molar-refractivity contribution is 6.10. The summed E-state index contributed by atoms with van der Waals surface area (Å²) in [7, 11) is 1.60. The van der Waals surface area contributed by atoms with E-state index in [1.54, 1.807) is 7.11 Å². The molecular formula is C22H20N2O3. The third-order valence-corrected chi connectivity index (χ3v) is 5.76. The zero-order valence-corrected chi connectivity index (χ0v) is 15.1. The number of aryl methyl sites for hydroxylation is 2. The third kappa shape index (κ3) is 2.46. The Morgan fingerprint density at radius 1 is 1.04 bits per heavy atom. The Balaban J connectivity index is 1.65. The first-order valence-corrected chi connectivity index (χ1v) is 9.26. The van der Waals surface area contributed by atoms with Crippen molar-refractivity contribution in [1.82, 2.24) is 9.88 Å². The highest BCUT2D eigenvalue weighted by Crippen LogP contribution is 2.41. The molecular weight excluding hydrogens is 340 g/mol. The largest absolute Gasteiger partial charge is 0.497 e. The van der Waals surface area contributed by atoms with Gasteiger partial charge in [0.05, 0.1) is 24.5 Å². The number of hydrogen-bond acceptors (Lipinski definition) is 3. The van der Waals surface area contributed by atoms with Crippen LogP contribution < -0.4 is 10.1 Å². The molecule has 0 radical (unpaired) electrons. The van der Waals surface area contributed by atoms with Gasteiger partial charge in [0, 0.05) is 18.1 Å². The molecule has 5 nitrogen and oxygen atoms in total. The van der Waals surface area contributed by atoms with Gasteiger partial charge >= 0.3 is 0 Å². The van der Waals surface area contributed by atoms with Gasteiger partial charge in [0.1, 0.15) is 5.75 Å². The van der Waals surface area contributed by atoms with Crippen LogP contribution in [0.5, 0.6) is 5.75 Å². The number of methoxy groups -OCH3 is 1. The molecule has 1 N–H and O–H groups in total. The topological polar surface area (TPSA) is 60.3 Å². The fourth-order valence-electron chi connectivity index (χ4n) is 4.57. The summed E-state index contributed by atoms with van der Waals surface area (Å²) in [6, 6.07) is 13.7. The zero-order valence-electron chi connectivity index (χ0n) is 15.1. The minimum absolute atomic E-state index is 0.227. The number of amides is 2. The molecule has 0 unspecified atom stereocenters. The second kappa shape index (κ2) is 5.98. The standard InChI is InChI=1S/C22H20N2O3/c1-27-17-6-2-4-13(12-17)18-19(22(26)23-21(18)25)16-10-14-5-3-8-24-9-7-15(11-16)20(14)24/h2,4,6-7,9-12,18-19H,3,5,8H2,1H3,(H,23,25,26)/t18-,19-/m0/s1. The van der Waals surface area contributed by atoms with Crippen molar-refractivity contribution in [3.05, 3.63) is 65.4 Å². The van der Waals surface area contributed by atoms with Gasteiger partial charge in [0.25, 0.3) is 0 Å². The molecule has 0 saturated carbocycles. The van der Waals surface area contributed by atoms with E-state index >= 15 is 0 Å². The van der Waals surface area contributed by atoms with Gasteiger partial charge in [-0.3, -0.25) is 14.9 Å². The highest BCUT2D eigenvalue weighted by Gasteiger charge is 2.44. The van der Waals surface area contributed by atoms with Crippen LogP contribution in [0.1, 0.15) is 34.9 Å². The van der Waals surface area contributed by atoms with E-state index in [9.17, 15) is 9.59 Å². The van der Waals surface area contributed by atoms with Gasteiger partial charge in [0.15, 0.2) is 0 Å². The van der Waals surface area contributed by atoms with Crippen LogP contribution in [-0.4, -0.2) is 23.5 Å². The molecule has 2 aliphatic rings. The maximum Gasteiger partial charge on any atom is 0.235 e. The maximum absolute atomic E-state index is 12.7. The number of imide groups is 1. The lowest BCUT2D eigenvalue weighted by molar-refractivity contribution is -0.125. The molecule has 1 saturated heterocycles. The normalized spacial score (nSPS) is 21.5. The number of aromatic nitrogens is 1. The number of benzene rings is 2. The minimum atomic E-state index is -0.539. The predicted molar refractivity (Wildman–Crippen MR) is 102 cm³/mol. The fraction of sp³-hybridized carbons (Fsp3) is 0.273. The van der Waals surface area contributed by atoms with E-state index in [-0.39, 0.29) is 11.8 Å². The van der Waals surface area contributed by atoms with Crippen molar-refractivity contribution in [2.24, 2.45) is 0 Å². The Morgan fingerprint density at radius 2 is 1.85 bits per heavy atom. The molecule has 0 aliphatic carbocycles. The quantitative estimate of drug-likeness (QED) is 0.730. The second-order valence-corrected chi connectivity index (χ2v) is 7.32. The van der Waals surface area contributed by atoms with Crippen LogP contribution in [0.25, 0.3) is 10.9 Å². The molecule has 3 heterocycles. The van der Waals surface area contributed by atoms with E-state index in [1.807, 2.05) is 24.3 Å². The van der Waals surface area contributed by atoms with E-state index in [0.717, 1.165) is 35.9 Å². The molecule has 5 rings (SSSR count). The molecule has 136 valence electrons. The lowest BCUT2D eigenvalue weighted by Crippen LogP contribution is -2.21. The molecule has 27 heavy (non-hydrogen) atoms. The highest BCUT2D eigenvalue weighted by atomic mass is 16.5. The number of carbonyl (C=O) groups is 2. The van der Waals surface area contributed by atoms with Gasteiger partial charge in [-0.15, -0.1) is 0 Å². The summed E-state index contributed by atoms with van der Waals surface area (Å²) in [5.74, 6) is -0.848. The molecule has 2 aliphatic heterocycles. The molecule has 0 bridgehead atoms. The summed E-state index contributed by atoms with van der Waals surface area (Å²) in [6.07, 6.45) is 4.20. The van der Waals surface area contributed by atoms with Gasteiger partial charge in [-0.25, -0.2) is 0 Å². The lowest BCUT2D eigenvalue weighted by Gasteiger charge is -2.21. The summed E-state index contributed by atoms with van der Waals surface area (Å²) in [5, 5.41) is 3.67. The van der Waals surface area contributed by atoms with Crippen molar-refractivity contribution < 1.29 is 14.3 Å². The first kappa shape index (κ1) is 16.1. The Morgan fingerprint density at radius 3 is 2.67 bits per heavy atom. The average molecular weight is 360 g/mol. The molecule has 2 aromatic carbocycles. The molecule has 0 spiro atoms. The summed E-state index contributed by atoms with van der Waals surface area (Å²) in [6.45, 7) is 1.03. The Bertz CT molecular complexity index is 1080. The molecule has 3 aromatic rings. The molecule has 5 heteroatoms. The van der Waals surface area contributed by atoms with E-state index in [1.165, 1.54) is 11.1 Å². The van der Waals surface area contributed by atoms with Crippen LogP contribution in [0.2, 0.25) is 0 Å². The molecule has 2 atom stereocenters. The van der Waals surface area contributed by atoms with Gasteiger partial charge in [-0.1, -0.05) is 18.2 Å². The van der Waals surface area contributed by atoms with Gasteiger partial charge < -0.3 is 9.30 Å². The van der Waals surface area contributed by atoms with Crippen LogP contribution in [0.3, 0.4) is 0 Å². The minimum Gasteiger partial charge on any atom is -0.497 e. The summed E-state index contributed by atoms with van der Waals surface area (Å²) < 4.78 is 7.58. The maximum atomic E-state index is 12.7. The molecule has 1 fully saturated rings. The van der Waals surface area contributed by atoms with Crippen LogP contribution >= 0.6 is 0 Å². The number of nitrogens with zero attached hydrogens (tertiary/aromatic N) is 1. The lowest BCUT2D eigenvalue weighted by atomic mass is 9.82. The van der Waals surface area contributed by atoms with Crippen LogP contribution in [0.4, 0.5) is 0 Å². The number of ether oxygens (including phenoxy) is 1. The van der Waals surface area contributed by atoms with Gasteiger partial charge in [-0.05, 0) is 53.8 Å². The Hall–Kier alpha value is -3.08. The van der Waals surface area contributed by atoms with Gasteiger partial charge in [0.2, 0.25) is 11.8 Å². The van der Waals surface area contributed by atoms with Crippen LogP contribution in [0, 0.1) is 0 Å². The Labute approximate surface area is 156 Å². The molecule has 1 aromatic heterocycles. The number of carbonyl (C=O) groups excluding carboxylic acids is 2. The van der Waals surface area contributed by atoms with E-state index in [4.69, 9.17) is 4.74 Å². The predicted octanol–water partition coefficient (Wildman–Crippen LogP) is 3.12. The third-order valence-electron chi connectivity index (χ3n) is 5.76. The van der Waals surface area contributed by atoms with Crippen molar-refractivity contribution in [1.29, 1.82) is 0 Å². The van der Waals surface area contributed by atoms with E-state index in [0.29, 0.717) is 5.75 Å². The van der Waals surface area contributed by atoms with Crippen LogP contribution in [0.15, 0.2) is 48.7 Å². The molecule has 2 amide bonds. The first-order chi connectivity index (χ1) is 13.2. The van der Waals surface area contributed by atoms with Crippen LogP contribution in [-0.2, 0) is 22.6 Å². The van der Waals surface area contributed by atoms with Gasteiger partial charge in [-0.2, -0.15) is 0 Å². The second-order valence-electron chi connectivity index (χ2n) is 7.32. The fourth-order valence-corrected chi connectivity index (χ4v) is 4.57. The summed E-state index contributed by atoms with van der Waals surface area (Å²) >= 11 is 0. The van der Waals surface area contributed by atoms with Crippen molar-refractivity contribution in [3.63, 3.8) is 0 Å². The average Bonchev–Trinajstić information content (AvgIpc) is 3.23. The van der Waals surface area contributed by atoms with Crippen molar-refractivity contribution in [3.8, 4) is 5.75 Å². The number of rotatable bonds is 3. The monoisotopic (exact) mass is 360 g/mol. The number of nitrogens with one attached hydrogen (secondary N) is 1.